The number of aliphatic hydroxyl groups is 1. The summed E-state index contributed by atoms with van der Waals surface area (Å²) in [7, 11) is 3.08. The molecule has 2 heterocycles. The summed E-state index contributed by atoms with van der Waals surface area (Å²) in [6, 6.07) is 4.94. The van der Waals surface area contributed by atoms with Crippen LogP contribution in [0, 0.1) is 11.8 Å². The summed E-state index contributed by atoms with van der Waals surface area (Å²) < 4.78 is 17.7. The maximum absolute atomic E-state index is 12.5. The van der Waals surface area contributed by atoms with Gasteiger partial charge >= 0.3 is 6.09 Å². The Morgan fingerprint density at radius 1 is 1.19 bits per heavy atom. The molecule has 2 aromatic rings. The molecule has 1 aromatic carbocycles. The van der Waals surface area contributed by atoms with Crippen molar-refractivity contribution in [3.8, 4) is 23.3 Å². The first kappa shape index (κ1) is 26.7. The number of anilines is 1. The number of likely N-dealkylation sites (tertiary alicyclic amines) is 1. The summed E-state index contributed by atoms with van der Waals surface area (Å²) in [4.78, 5) is 26.6. The van der Waals surface area contributed by atoms with Crippen molar-refractivity contribution in [2.24, 2.45) is 5.73 Å². The van der Waals surface area contributed by atoms with Crippen LogP contribution in [-0.4, -0.2) is 77.8 Å². The Labute approximate surface area is 210 Å². The van der Waals surface area contributed by atoms with Crippen molar-refractivity contribution in [1.29, 1.82) is 0 Å². The van der Waals surface area contributed by atoms with E-state index in [2.05, 4.69) is 22.3 Å². The highest BCUT2D eigenvalue weighted by Crippen LogP contribution is 2.30. The van der Waals surface area contributed by atoms with Gasteiger partial charge in [-0.25, -0.2) is 9.48 Å². The lowest BCUT2D eigenvalue weighted by atomic mass is 10.1. The molecule has 0 aliphatic carbocycles. The molecule has 36 heavy (non-hydrogen) atoms. The second-order valence-electron chi connectivity index (χ2n) is 9.25. The van der Waals surface area contributed by atoms with Crippen molar-refractivity contribution in [2.45, 2.75) is 38.8 Å². The highest BCUT2D eigenvalue weighted by molar-refractivity contribution is 6.00. The molecule has 11 heteroatoms. The van der Waals surface area contributed by atoms with Crippen molar-refractivity contribution in [3.05, 3.63) is 35.0 Å². The van der Waals surface area contributed by atoms with Crippen LogP contribution in [0.4, 0.5) is 10.6 Å². The van der Waals surface area contributed by atoms with Gasteiger partial charge in [0.05, 0.1) is 26.9 Å². The Morgan fingerprint density at radius 2 is 1.86 bits per heavy atom. The number of aliphatic hydroxyl groups excluding tert-OH is 1. The van der Waals surface area contributed by atoms with Gasteiger partial charge in [0, 0.05) is 31.3 Å². The molecule has 0 saturated carbocycles. The number of carbonyl (C=O) groups excluding carboxylic acids is 2. The lowest BCUT2D eigenvalue weighted by Gasteiger charge is -2.24. The van der Waals surface area contributed by atoms with Gasteiger partial charge in [0.1, 0.15) is 28.5 Å². The minimum atomic E-state index is -0.712. The molecule has 1 saturated heterocycles. The summed E-state index contributed by atoms with van der Waals surface area (Å²) in [6.07, 6.45) is 0.177. The lowest BCUT2D eigenvalue weighted by molar-refractivity contribution is 0.0288. The van der Waals surface area contributed by atoms with Gasteiger partial charge in [-0.15, -0.1) is 0 Å². The number of ether oxygens (including phenoxy) is 3. The largest absolute Gasteiger partial charge is 0.497 e. The van der Waals surface area contributed by atoms with Gasteiger partial charge < -0.3 is 35.3 Å². The van der Waals surface area contributed by atoms with Crippen molar-refractivity contribution in [3.63, 3.8) is 0 Å². The minimum absolute atomic E-state index is 0.113. The quantitative estimate of drug-likeness (QED) is 0.491. The van der Waals surface area contributed by atoms with E-state index in [0.717, 1.165) is 0 Å². The van der Waals surface area contributed by atoms with E-state index in [1.165, 1.54) is 0 Å². The number of benzene rings is 1. The Kier molecular flexibility index (Phi) is 8.32. The van der Waals surface area contributed by atoms with Crippen LogP contribution in [0.15, 0.2) is 18.2 Å². The lowest BCUT2D eigenvalue weighted by Crippen LogP contribution is -2.35. The smallest absolute Gasteiger partial charge is 0.410 e. The van der Waals surface area contributed by atoms with E-state index >= 15 is 0 Å². The Morgan fingerprint density at radius 3 is 2.42 bits per heavy atom. The number of nitrogens with zero attached hydrogens (tertiary/aromatic N) is 3. The maximum atomic E-state index is 12.5. The molecule has 0 unspecified atom stereocenters. The summed E-state index contributed by atoms with van der Waals surface area (Å²) in [6.45, 7) is 6.25. The Hall–Kier alpha value is -3.91. The number of nitrogens with two attached hydrogens (primary N) is 1. The number of amides is 2. The predicted octanol–water partition coefficient (Wildman–Crippen LogP) is 1.99. The number of primary amides is 1. The monoisotopic (exact) mass is 499 g/mol. The molecule has 3 rings (SSSR count). The van der Waals surface area contributed by atoms with E-state index in [9.17, 15) is 14.7 Å². The fraction of sp³-hybridized carbons (Fsp3) is 0.480. The molecule has 1 aliphatic rings. The molecular formula is C25H33N5O6. The van der Waals surface area contributed by atoms with Crippen LogP contribution < -0.4 is 20.5 Å². The number of rotatable bonds is 7. The molecule has 4 N–H and O–H groups in total. The SMILES string of the molecule is COc1cc(C#Cc2nn([C@H]3CCN(C(=O)OC(C)(C)C)C3)c(NCCO)c2C(N)=O)cc(OC)c1. The van der Waals surface area contributed by atoms with Gasteiger partial charge in [-0.05, 0) is 45.2 Å². The first-order chi connectivity index (χ1) is 17.1. The molecule has 1 aliphatic heterocycles. The number of nitrogens with one attached hydrogen (secondary N) is 1. The standard InChI is InChI=1S/C25H33N5O6/c1-25(2,3)36-24(33)29-10-8-17(15-29)30-23(27-9-11-31)21(22(26)32)20(28-30)7-6-16-12-18(34-4)14-19(13-16)35-5/h12-14,17,27,31H,8-11,15H2,1-5H3,(H2,26,32)/t17-/m0/s1. The fourth-order valence-corrected chi connectivity index (χ4v) is 3.81. The normalized spacial score (nSPS) is 15.2. The molecule has 0 bridgehead atoms. The van der Waals surface area contributed by atoms with Crippen molar-refractivity contribution in [2.75, 3.05) is 45.8 Å². The average Bonchev–Trinajstić information content (AvgIpc) is 3.45. The number of hydrogen-bond donors (Lipinski definition) is 3. The van der Waals surface area contributed by atoms with Crippen LogP contribution in [-0.2, 0) is 4.74 Å². The van der Waals surface area contributed by atoms with Gasteiger partial charge in [0.25, 0.3) is 5.91 Å². The summed E-state index contributed by atoms with van der Waals surface area (Å²) in [5.74, 6) is 6.70. The zero-order valence-corrected chi connectivity index (χ0v) is 21.3. The van der Waals surface area contributed by atoms with Gasteiger partial charge in [-0.2, -0.15) is 5.10 Å². The molecule has 2 amide bonds. The number of hydrogen-bond acceptors (Lipinski definition) is 8. The van der Waals surface area contributed by atoms with Gasteiger partial charge in [0.2, 0.25) is 0 Å². The molecule has 1 atom stereocenters. The summed E-state index contributed by atoms with van der Waals surface area (Å²) in [5.41, 5.74) is 5.99. The molecule has 1 fully saturated rings. The highest BCUT2D eigenvalue weighted by atomic mass is 16.6. The van der Waals surface area contributed by atoms with E-state index in [1.807, 2.05) is 20.8 Å². The van der Waals surface area contributed by atoms with Gasteiger partial charge in [0.15, 0.2) is 5.69 Å². The number of carbonyl (C=O) groups is 2. The third-order valence-electron chi connectivity index (χ3n) is 5.40. The minimum Gasteiger partial charge on any atom is -0.497 e. The van der Waals surface area contributed by atoms with Gasteiger partial charge in [-0.3, -0.25) is 4.79 Å². The van der Waals surface area contributed by atoms with E-state index in [0.29, 0.717) is 42.4 Å². The highest BCUT2D eigenvalue weighted by Gasteiger charge is 2.34. The predicted molar refractivity (Wildman–Crippen MR) is 133 cm³/mol. The number of aromatic nitrogens is 2. The van der Waals surface area contributed by atoms with Crippen LogP contribution in [0.5, 0.6) is 11.5 Å². The van der Waals surface area contributed by atoms with Crippen LogP contribution in [0.1, 0.15) is 54.8 Å². The fourth-order valence-electron chi connectivity index (χ4n) is 3.81. The van der Waals surface area contributed by atoms with Crippen molar-refractivity contribution >= 4 is 17.8 Å². The third kappa shape index (κ3) is 6.40. The van der Waals surface area contributed by atoms with E-state index in [1.54, 1.807) is 42.0 Å². The topological polar surface area (TPSA) is 141 Å². The molecule has 1 aromatic heterocycles. The molecule has 194 valence electrons. The van der Waals surface area contributed by atoms with Crippen molar-refractivity contribution < 1.29 is 28.9 Å². The van der Waals surface area contributed by atoms with Gasteiger partial charge in [-0.1, -0.05) is 5.92 Å². The van der Waals surface area contributed by atoms with Crippen LogP contribution in [0.3, 0.4) is 0 Å². The summed E-state index contributed by atoms with van der Waals surface area (Å²) in [5, 5.41) is 17.0. The molecule has 11 nitrogen and oxygen atoms in total. The zero-order valence-electron chi connectivity index (χ0n) is 21.3. The molecule has 0 radical (unpaired) electrons. The zero-order chi connectivity index (χ0) is 26.5. The average molecular weight is 500 g/mol. The van der Waals surface area contributed by atoms with Crippen LogP contribution in [0.25, 0.3) is 0 Å². The van der Waals surface area contributed by atoms with Crippen LogP contribution in [0.2, 0.25) is 0 Å². The molecular weight excluding hydrogens is 466 g/mol. The Bertz CT molecular complexity index is 1150. The Balaban J connectivity index is 1.99. The first-order valence-electron chi connectivity index (χ1n) is 11.6. The maximum Gasteiger partial charge on any atom is 0.410 e. The van der Waals surface area contributed by atoms with E-state index in [4.69, 9.17) is 19.9 Å². The molecule has 0 spiro atoms. The second-order valence-corrected chi connectivity index (χ2v) is 9.25. The summed E-state index contributed by atoms with van der Waals surface area (Å²) >= 11 is 0. The van der Waals surface area contributed by atoms with Crippen molar-refractivity contribution in [1.82, 2.24) is 14.7 Å². The number of methoxy groups -OCH3 is 2. The first-order valence-corrected chi connectivity index (χ1v) is 11.6. The van der Waals surface area contributed by atoms with E-state index < -0.39 is 17.6 Å². The third-order valence-corrected chi connectivity index (χ3v) is 5.40. The van der Waals surface area contributed by atoms with Crippen LogP contribution >= 0.6 is 0 Å². The second kappa shape index (κ2) is 11.2. The van der Waals surface area contributed by atoms with E-state index in [-0.39, 0.29) is 30.5 Å².